The molecular weight excluding hydrogens is 682 g/mol. The molecule has 0 heterocycles. The van der Waals surface area contributed by atoms with E-state index < -0.39 is 24.3 Å². The van der Waals surface area contributed by atoms with Crippen LogP contribution in [0.4, 0.5) is 0 Å². The highest BCUT2D eigenvalue weighted by Gasteiger charge is 2.25. The number of carbonyl (C=O) groups excluding carboxylic acids is 2. The minimum atomic E-state index is -1.51. The number of likely N-dealkylation sites (N-methyl/N-ethyl adjacent to an activating group) is 1. The van der Waals surface area contributed by atoms with Crippen LogP contribution in [0.25, 0.3) is 0 Å². The number of esters is 2. The van der Waals surface area contributed by atoms with E-state index in [-0.39, 0.29) is 32.2 Å². The molecule has 0 aliphatic carbocycles. The molecule has 0 bridgehead atoms. The summed E-state index contributed by atoms with van der Waals surface area (Å²) >= 11 is 0. The zero-order valence-corrected chi connectivity index (χ0v) is 35.4. The lowest BCUT2D eigenvalue weighted by molar-refractivity contribution is -0.870. The smallest absolute Gasteiger partial charge is 0.361 e. The molecule has 0 aliphatic heterocycles. The third kappa shape index (κ3) is 37.8. The van der Waals surface area contributed by atoms with Crippen LogP contribution in [0.5, 0.6) is 0 Å². The number of nitrogens with zero attached hydrogens (tertiary/aromatic N) is 1. The maximum absolute atomic E-state index is 12.7. The number of carboxylic acid groups (broad SMARTS) is 1. The van der Waals surface area contributed by atoms with Crippen LogP contribution in [0.15, 0.2) is 36.5 Å². The van der Waals surface area contributed by atoms with Gasteiger partial charge in [-0.05, 0) is 51.4 Å². The fraction of sp³-hybridized carbons (Fsp3) is 0.800. The first-order valence-electron chi connectivity index (χ1n) is 21.7. The van der Waals surface area contributed by atoms with E-state index in [0.29, 0.717) is 23.9 Å². The highest BCUT2D eigenvalue weighted by molar-refractivity contribution is 5.71. The van der Waals surface area contributed by atoms with Gasteiger partial charge in [0.2, 0.25) is 0 Å². The Balaban J connectivity index is 4.45. The summed E-state index contributed by atoms with van der Waals surface area (Å²) in [6.07, 6.45) is 37.7. The fourth-order valence-electron chi connectivity index (χ4n) is 5.72. The van der Waals surface area contributed by atoms with E-state index in [1.165, 1.54) is 83.5 Å². The van der Waals surface area contributed by atoms with Crippen molar-refractivity contribution in [2.75, 3.05) is 47.5 Å². The first-order chi connectivity index (χ1) is 26.1. The van der Waals surface area contributed by atoms with Crippen LogP contribution < -0.4 is 0 Å². The Morgan fingerprint density at radius 2 is 1.00 bits per heavy atom. The molecule has 9 heteroatoms. The lowest BCUT2D eigenvalue weighted by Crippen LogP contribution is -2.40. The molecule has 0 saturated heterocycles. The maximum atomic E-state index is 12.7. The van der Waals surface area contributed by atoms with Crippen LogP contribution in [0, 0.1) is 0 Å². The number of allylic oxidation sites excluding steroid dienone is 6. The minimum Gasteiger partial charge on any atom is -0.477 e. The molecule has 2 unspecified atom stereocenters. The molecule has 314 valence electrons. The number of aliphatic carboxylic acids is 1. The van der Waals surface area contributed by atoms with Crippen molar-refractivity contribution in [3.8, 4) is 0 Å². The minimum absolute atomic E-state index is 0.185. The van der Waals surface area contributed by atoms with E-state index in [0.717, 1.165) is 57.8 Å². The number of hydrogen-bond acceptors (Lipinski definition) is 7. The highest BCUT2D eigenvalue weighted by Crippen LogP contribution is 2.13. The molecule has 0 amide bonds. The molecule has 0 rings (SSSR count). The second-order valence-corrected chi connectivity index (χ2v) is 15.7. The number of hydrogen-bond donors (Lipinski definition) is 1. The van der Waals surface area contributed by atoms with Crippen LogP contribution in [-0.4, -0.2) is 87.4 Å². The second-order valence-electron chi connectivity index (χ2n) is 15.7. The molecule has 0 spiro atoms. The maximum Gasteiger partial charge on any atom is 0.361 e. The molecule has 2 atom stereocenters. The number of quaternary nitrogens is 1. The summed E-state index contributed by atoms with van der Waals surface area (Å²) in [7, 11) is 5.94. The Bertz CT molecular complexity index is 987. The lowest BCUT2D eigenvalue weighted by atomic mass is 10.1. The quantitative estimate of drug-likeness (QED) is 0.0217. The van der Waals surface area contributed by atoms with Crippen molar-refractivity contribution in [2.45, 2.75) is 187 Å². The van der Waals surface area contributed by atoms with Gasteiger partial charge in [0.1, 0.15) is 13.2 Å². The van der Waals surface area contributed by atoms with Gasteiger partial charge in [-0.2, -0.15) is 0 Å². The molecule has 0 aromatic carbocycles. The third-order valence-corrected chi connectivity index (χ3v) is 9.15. The SMILES string of the molecule is CCCCC/C=C\C/C=C\C/C=C\CCCCCCCCC(=O)OC(COC(=O)CCCCCCCCCCCC)COC(OCC[N+](C)(C)C)C(=O)O. The average Bonchev–Trinajstić information content (AvgIpc) is 3.12. The molecule has 0 aromatic rings. The van der Waals surface area contributed by atoms with Crippen molar-refractivity contribution in [3.63, 3.8) is 0 Å². The Morgan fingerprint density at radius 1 is 0.556 bits per heavy atom. The van der Waals surface area contributed by atoms with Gasteiger partial charge in [-0.25, -0.2) is 4.79 Å². The predicted octanol–water partition coefficient (Wildman–Crippen LogP) is 11.1. The topological polar surface area (TPSA) is 108 Å². The van der Waals surface area contributed by atoms with Crippen molar-refractivity contribution >= 4 is 17.9 Å². The molecule has 1 N–H and O–H groups in total. The average molecular weight is 765 g/mol. The molecule has 9 nitrogen and oxygen atoms in total. The molecular formula is C45H82NO8+. The summed E-state index contributed by atoms with van der Waals surface area (Å²) in [5, 5.41) is 9.61. The fourth-order valence-corrected chi connectivity index (χ4v) is 5.72. The van der Waals surface area contributed by atoms with Gasteiger partial charge in [-0.3, -0.25) is 9.59 Å². The Labute approximate surface area is 330 Å². The Kier molecular flexibility index (Phi) is 35.7. The van der Waals surface area contributed by atoms with E-state index in [4.69, 9.17) is 18.9 Å². The molecule has 54 heavy (non-hydrogen) atoms. The largest absolute Gasteiger partial charge is 0.477 e. The van der Waals surface area contributed by atoms with Gasteiger partial charge >= 0.3 is 17.9 Å². The number of rotatable bonds is 39. The number of unbranched alkanes of at least 4 members (excludes halogenated alkanes) is 18. The molecule has 0 aromatic heterocycles. The summed E-state index contributed by atoms with van der Waals surface area (Å²) in [6.45, 7) is 4.80. The van der Waals surface area contributed by atoms with Gasteiger partial charge in [0, 0.05) is 12.8 Å². The van der Waals surface area contributed by atoms with E-state index in [1.54, 1.807) is 0 Å². The van der Waals surface area contributed by atoms with E-state index in [9.17, 15) is 19.5 Å². The highest BCUT2D eigenvalue weighted by atomic mass is 16.7. The van der Waals surface area contributed by atoms with Crippen LogP contribution in [0.1, 0.15) is 174 Å². The molecule has 0 fully saturated rings. The van der Waals surface area contributed by atoms with Gasteiger partial charge in [-0.15, -0.1) is 0 Å². The van der Waals surface area contributed by atoms with E-state index in [1.807, 2.05) is 21.1 Å². The predicted molar refractivity (Wildman–Crippen MR) is 221 cm³/mol. The van der Waals surface area contributed by atoms with Crippen LogP contribution in [0.3, 0.4) is 0 Å². The summed E-state index contributed by atoms with van der Waals surface area (Å²) in [6, 6.07) is 0. The molecule has 0 saturated carbocycles. The normalized spacial score (nSPS) is 13.3. The lowest BCUT2D eigenvalue weighted by Gasteiger charge is -2.25. The zero-order chi connectivity index (χ0) is 40.0. The van der Waals surface area contributed by atoms with Gasteiger partial charge in [-0.1, -0.05) is 147 Å². The summed E-state index contributed by atoms with van der Waals surface area (Å²) < 4.78 is 22.7. The first-order valence-corrected chi connectivity index (χ1v) is 21.7. The Hall–Kier alpha value is -2.49. The number of carboxylic acids is 1. The van der Waals surface area contributed by atoms with Crippen LogP contribution >= 0.6 is 0 Å². The second kappa shape index (κ2) is 37.4. The monoisotopic (exact) mass is 765 g/mol. The first kappa shape index (κ1) is 51.5. The summed E-state index contributed by atoms with van der Waals surface area (Å²) in [5.41, 5.74) is 0. The van der Waals surface area contributed by atoms with Gasteiger partial charge in [0.25, 0.3) is 6.29 Å². The van der Waals surface area contributed by atoms with Crippen molar-refractivity contribution in [3.05, 3.63) is 36.5 Å². The number of ether oxygens (including phenoxy) is 4. The third-order valence-electron chi connectivity index (χ3n) is 9.15. The van der Waals surface area contributed by atoms with Crippen molar-refractivity contribution < 1.29 is 42.9 Å². The summed E-state index contributed by atoms with van der Waals surface area (Å²) in [4.78, 5) is 37.0. The van der Waals surface area contributed by atoms with Crippen LogP contribution in [0.2, 0.25) is 0 Å². The van der Waals surface area contributed by atoms with Crippen LogP contribution in [-0.2, 0) is 33.3 Å². The molecule has 0 aliphatic rings. The van der Waals surface area contributed by atoms with Gasteiger partial charge in [0.15, 0.2) is 6.10 Å². The van der Waals surface area contributed by atoms with Crippen molar-refractivity contribution in [1.82, 2.24) is 0 Å². The van der Waals surface area contributed by atoms with E-state index in [2.05, 4.69) is 50.3 Å². The van der Waals surface area contributed by atoms with E-state index >= 15 is 0 Å². The Morgan fingerprint density at radius 3 is 1.52 bits per heavy atom. The van der Waals surface area contributed by atoms with Crippen molar-refractivity contribution in [2.24, 2.45) is 0 Å². The zero-order valence-electron chi connectivity index (χ0n) is 35.4. The standard InChI is InChI=1S/C45H81NO8/c1-6-8-10-12-14-16-18-19-20-21-22-23-24-25-26-28-30-32-34-36-43(48)54-41(40-53-45(44(49)50)51-38-37-46(3,4)5)39-52-42(47)35-33-31-29-27-17-15-13-11-9-7-2/h14,16,19-20,22-23,41,45H,6-13,15,17-18,21,24-40H2,1-5H3/p+1/b16-14-,20-19-,23-22-. The summed E-state index contributed by atoms with van der Waals surface area (Å²) in [5.74, 6) is -2.03. The van der Waals surface area contributed by atoms with Gasteiger partial charge in [0.05, 0.1) is 34.4 Å². The molecule has 0 radical (unpaired) electrons. The van der Waals surface area contributed by atoms with Crippen molar-refractivity contribution in [1.29, 1.82) is 0 Å². The van der Waals surface area contributed by atoms with Gasteiger partial charge < -0.3 is 28.5 Å². The number of carbonyl (C=O) groups is 3.